The molecule has 1 aromatic heterocycles. The summed E-state index contributed by atoms with van der Waals surface area (Å²) >= 11 is 1.45. The fraction of sp³-hybridized carbons (Fsp3) is 0.385. The molecule has 0 spiro atoms. The van der Waals surface area contributed by atoms with Gasteiger partial charge >= 0.3 is 0 Å². The Morgan fingerprint density at radius 1 is 1.33 bits per heavy atom. The van der Waals surface area contributed by atoms with Crippen LogP contribution in [0.15, 0.2) is 27.8 Å². The van der Waals surface area contributed by atoms with Gasteiger partial charge in [0.25, 0.3) is 5.22 Å². The lowest BCUT2D eigenvalue weighted by Gasteiger charge is -2.12. The highest BCUT2D eigenvalue weighted by atomic mass is 32.2. The Hall–Kier alpha value is -1.49. The molecule has 1 aromatic carbocycles. The Bertz CT molecular complexity index is 525. The van der Waals surface area contributed by atoms with Crippen molar-refractivity contribution in [2.75, 3.05) is 11.6 Å². The zero-order chi connectivity index (χ0) is 13.0. The molecule has 0 saturated heterocycles. The SMILES string of the molecule is CCc1cccc(C)c1NCc1nnc(SC)o1. The van der Waals surface area contributed by atoms with E-state index in [4.69, 9.17) is 4.42 Å². The van der Waals surface area contributed by atoms with Crippen LogP contribution in [-0.2, 0) is 13.0 Å². The van der Waals surface area contributed by atoms with E-state index in [0.29, 0.717) is 17.7 Å². The maximum absolute atomic E-state index is 5.45. The molecular weight excluding hydrogens is 246 g/mol. The minimum absolute atomic E-state index is 0.561. The first-order chi connectivity index (χ1) is 8.74. The van der Waals surface area contributed by atoms with E-state index in [1.54, 1.807) is 0 Å². The Morgan fingerprint density at radius 3 is 2.83 bits per heavy atom. The van der Waals surface area contributed by atoms with Crippen LogP contribution in [0.4, 0.5) is 5.69 Å². The number of anilines is 1. The number of para-hydroxylation sites is 1. The van der Waals surface area contributed by atoms with E-state index in [9.17, 15) is 0 Å². The van der Waals surface area contributed by atoms with Gasteiger partial charge in [-0.05, 0) is 30.7 Å². The number of nitrogens with zero attached hydrogens (tertiary/aromatic N) is 2. The fourth-order valence-corrected chi connectivity index (χ4v) is 2.13. The van der Waals surface area contributed by atoms with Crippen molar-refractivity contribution in [3.63, 3.8) is 0 Å². The fourth-order valence-electron chi connectivity index (χ4n) is 1.83. The van der Waals surface area contributed by atoms with E-state index < -0.39 is 0 Å². The number of nitrogens with one attached hydrogen (secondary N) is 1. The second-order valence-electron chi connectivity index (χ2n) is 3.98. The summed E-state index contributed by atoms with van der Waals surface area (Å²) in [6.45, 7) is 4.81. The van der Waals surface area contributed by atoms with Gasteiger partial charge in [-0.25, -0.2) is 0 Å². The van der Waals surface area contributed by atoms with Crippen molar-refractivity contribution < 1.29 is 4.42 Å². The van der Waals surface area contributed by atoms with Gasteiger partial charge < -0.3 is 9.73 Å². The van der Waals surface area contributed by atoms with Crippen LogP contribution < -0.4 is 5.32 Å². The predicted molar refractivity (Wildman–Crippen MR) is 74.0 cm³/mol. The standard InChI is InChI=1S/C13H17N3OS/c1-4-10-7-5-6-9(2)12(10)14-8-11-15-16-13(17-11)18-3/h5-7,14H,4,8H2,1-3H3. The van der Waals surface area contributed by atoms with Crippen LogP contribution in [0.3, 0.4) is 0 Å². The first kappa shape index (κ1) is 13.0. The number of aromatic nitrogens is 2. The number of hydrogen-bond acceptors (Lipinski definition) is 5. The van der Waals surface area contributed by atoms with E-state index in [2.05, 4.69) is 47.6 Å². The zero-order valence-corrected chi connectivity index (χ0v) is 11.7. The molecule has 2 rings (SSSR count). The second-order valence-corrected chi connectivity index (χ2v) is 4.74. The molecule has 0 aliphatic heterocycles. The van der Waals surface area contributed by atoms with E-state index in [0.717, 1.165) is 6.42 Å². The molecule has 1 N–H and O–H groups in total. The van der Waals surface area contributed by atoms with E-state index in [1.807, 2.05) is 6.26 Å². The third-order valence-corrected chi connectivity index (χ3v) is 3.29. The lowest BCUT2D eigenvalue weighted by molar-refractivity contribution is 0.419. The van der Waals surface area contributed by atoms with Gasteiger partial charge in [0, 0.05) is 5.69 Å². The van der Waals surface area contributed by atoms with Crippen molar-refractivity contribution in [1.29, 1.82) is 0 Å². The molecule has 4 nitrogen and oxygen atoms in total. The quantitative estimate of drug-likeness (QED) is 0.839. The number of hydrogen-bond donors (Lipinski definition) is 1. The normalized spacial score (nSPS) is 10.6. The smallest absolute Gasteiger partial charge is 0.276 e. The van der Waals surface area contributed by atoms with Crippen LogP contribution in [0.2, 0.25) is 0 Å². The maximum Gasteiger partial charge on any atom is 0.276 e. The highest BCUT2D eigenvalue weighted by molar-refractivity contribution is 7.98. The molecule has 0 fully saturated rings. The van der Waals surface area contributed by atoms with Crippen LogP contribution in [0.5, 0.6) is 0 Å². The molecule has 0 saturated carbocycles. The van der Waals surface area contributed by atoms with Crippen LogP contribution in [0, 0.1) is 6.92 Å². The van der Waals surface area contributed by atoms with Crippen molar-refractivity contribution in [3.8, 4) is 0 Å². The van der Waals surface area contributed by atoms with Gasteiger partial charge in [0.05, 0.1) is 6.54 Å². The first-order valence-corrected chi connectivity index (χ1v) is 7.15. The van der Waals surface area contributed by atoms with Gasteiger partial charge in [0.1, 0.15) is 0 Å². The van der Waals surface area contributed by atoms with Crippen LogP contribution in [0.1, 0.15) is 23.9 Å². The molecule has 0 aliphatic rings. The van der Waals surface area contributed by atoms with Crippen molar-refractivity contribution in [1.82, 2.24) is 10.2 Å². The molecule has 0 aliphatic carbocycles. The molecule has 0 unspecified atom stereocenters. The van der Waals surface area contributed by atoms with Crippen LogP contribution in [0.25, 0.3) is 0 Å². The van der Waals surface area contributed by atoms with E-state index in [1.165, 1.54) is 28.6 Å². The number of thioether (sulfide) groups is 1. The van der Waals surface area contributed by atoms with Crippen molar-refractivity contribution >= 4 is 17.4 Å². The average molecular weight is 263 g/mol. The molecule has 0 bridgehead atoms. The zero-order valence-electron chi connectivity index (χ0n) is 10.9. The lowest BCUT2D eigenvalue weighted by Crippen LogP contribution is -2.04. The van der Waals surface area contributed by atoms with Crippen LogP contribution in [-0.4, -0.2) is 16.5 Å². The van der Waals surface area contributed by atoms with E-state index in [-0.39, 0.29) is 0 Å². The highest BCUT2D eigenvalue weighted by Crippen LogP contribution is 2.22. The van der Waals surface area contributed by atoms with Gasteiger partial charge in [-0.1, -0.05) is 36.9 Å². The number of aryl methyl sites for hydroxylation is 2. The Morgan fingerprint density at radius 2 is 2.17 bits per heavy atom. The van der Waals surface area contributed by atoms with Gasteiger partial charge in [-0.3, -0.25) is 0 Å². The van der Waals surface area contributed by atoms with Gasteiger partial charge in [0.15, 0.2) is 0 Å². The minimum atomic E-state index is 0.561. The molecule has 2 aromatic rings. The summed E-state index contributed by atoms with van der Waals surface area (Å²) in [4.78, 5) is 0. The molecule has 0 radical (unpaired) electrons. The lowest BCUT2D eigenvalue weighted by atomic mass is 10.1. The summed E-state index contributed by atoms with van der Waals surface area (Å²) in [5.74, 6) is 0.615. The molecular formula is C13H17N3OS. The summed E-state index contributed by atoms with van der Waals surface area (Å²) in [7, 11) is 0. The molecule has 5 heteroatoms. The van der Waals surface area contributed by atoms with Crippen LogP contribution >= 0.6 is 11.8 Å². The monoisotopic (exact) mass is 263 g/mol. The molecule has 0 atom stereocenters. The average Bonchev–Trinajstić information content (AvgIpc) is 2.85. The second kappa shape index (κ2) is 5.91. The molecule has 0 amide bonds. The summed E-state index contributed by atoms with van der Waals surface area (Å²) in [6, 6.07) is 6.32. The minimum Gasteiger partial charge on any atom is -0.414 e. The molecule has 1 heterocycles. The molecule has 18 heavy (non-hydrogen) atoms. The summed E-state index contributed by atoms with van der Waals surface area (Å²) in [6.07, 6.45) is 2.92. The van der Waals surface area contributed by atoms with Gasteiger partial charge in [0.2, 0.25) is 5.89 Å². The van der Waals surface area contributed by atoms with Crippen molar-refractivity contribution in [2.24, 2.45) is 0 Å². The third-order valence-electron chi connectivity index (χ3n) is 2.78. The maximum atomic E-state index is 5.45. The molecule has 96 valence electrons. The Kier molecular flexibility index (Phi) is 4.25. The number of rotatable bonds is 5. The number of benzene rings is 1. The summed E-state index contributed by atoms with van der Waals surface area (Å²) < 4.78 is 5.45. The Labute approximate surface area is 111 Å². The first-order valence-electron chi connectivity index (χ1n) is 5.93. The Balaban J connectivity index is 2.10. The van der Waals surface area contributed by atoms with Crippen molar-refractivity contribution in [3.05, 3.63) is 35.2 Å². The summed E-state index contributed by atoms with van der Waals surface area (Å²) in [5.41, 5.74) is 3.71. The highest BCUT2D eigenvalue weighted by Gasteiger charge is 2.07. The topological polar surface area (TPSA) is 51.0 Å². The van der Waals surface area contributed by atoms with Crippen molar-refractivity contribution in [2.45, 2.75) is 32.0 Å². The van der Waals surface area contributed by atoms with Gasteiger partial charge in [-0.2, -0.15) is 0 Å². The largest absolute Gasteiger partial charge is 0.414 e. The van der Waals surface area contributed by atoms with E-state index >= 15 is 0 Å². The third kappa shape index (κ3) is 2.85. The predicted octanol–water partition coefficient (Wildman–Crippen LogP) is 3.27. The summed E-state index contributed by atoms with van der Waals surface area (Å²) in [5, 5.41) is 11.9. The van der Waals surface area contributed by atoms with Gasteiger partial charge in [-0.15, -0.1) is 10.2 Å².